The fourth-order valence-electron chi connectivity index (χ4n) is 5.27. The summed E-state index contributed by atoms with van der Waals surface area (Å²) >= 11 is 6.89. The molecule has 6 rings (SSSR count). The molecule has 1 aliphatic carbocycles. The molecule has 2 aliphatic heterocycles. The molecule has 0 bridgehead atoms. The third-order valence-corrected chi connectivity index (χ3v) is 7.99. The van der Waals surface area contributed by atoms with Crippen LogP contribution >= 0.6 is 11.6 Å². The van der Waals surface area contributed by atoms with Crippen LogP contribution in [0, 0.1) is 23.3 Å². The summed E-state index contributed by atoms with van der Waals surface area (Å²) in [4.78, 5) is 29.1. The molecule has 2 saturated heterocycles. The summed E-state index contributed by atoms with van der Waals surface area (Å²) < 4.78 is 1.45. The molecule has 0 unspecified atom stereocenters. The van der Waals surface area contributed by atoms with Crippen LogP contribution in [0.15, 0.2) is 18.3 Å². The van der Waals surface area contributed by atoms with E-state index in [1.54, 1.807) is 12.1 Å². The molecule has 1 amide bonds. The van der Waals surface area contributed by atoms with Gasteiger partial charge in [-0.25, -0.2) is 4.98 Å². The van der Waals surface area contributed by atoms with Crippen molar-refractivity contribution in [1.29, 1.82) is 5.26 Å². The van der Waals surface area contributed by atoms with Gasteiger partial charge in [0.2, 0.25) is 5.91 Å². The first-order valence-corrected chi connectivity index (χ1v) is 12.7. The highest BCUT2D eigenvalue weighted by Crippen LogP contribution is 2.44. The number of nitriles is 1. The number of rotatable bonds is 5. The van der Waals surface area contributed by atoms with E-state index in [4.69, 9.17) is 18.2 Å². The van der Waals surface area contributed by atoms with Crippen LogP contribution in [-0.2, 0) is 4.79 Å². The van der Waals surface area contributed by atoms with E-state index in [0.717, 1.165) is 44.3 Å². The second-order valence-corrected chi connectivity index (χ2v) is 10.4. The number of benzene rings is 1. The Morgan fingerprint density at radius 1 is 1.24 bits per heavy atom. The minimum absolute atomic E-state index is 0.229. The molecular formula is C25H25ClN10O. The second-order valence-electron chi connectivity index (χ2n) is 10.0. The summed E-state index contributed by atoms with van der Waals surface area (Å²) in [5, 5.41) is 21.2. The van der Waals surface area contributed by atoms with Crippen LogP contribution in [0.25, 0.3) is 10.5 Å². The SMILES string of the molecule is [C-]#[N+]c1cnc2c(NC3CC3)nc(Nc3cc(C#N)cc(N4CCC5(CCN(C)C5=O)CC4)c3Cl)nn12. The van der Waals surface area contributed by atoms with Crippen molar-refractivity contribution < 1.29 is 4.79 Å². The molecule has 1 spiro atoms. The third-order valence-electron chi connectivity index (χ3n) is 7.59. The van der Waals surface area contributed by atoms with Crippen LogP contribution in [0.1, 0.15) is 37.7 Å². The number of fused-ring (bicyclic) bond motifs is 1. The van der Waals surface area contributed by atoms with Crippen LogP contribution in [0.2, 0.25) is 5.02 Å². The summed E-state index contributed by atoms with van der Waals surface area (Å²) in [6, 6.07) is 5.99. The molecule has 12 heteroatoms. The molecule has 0 radical (unpaired) electrons. The monoisotopic (exact) mass is 516 g/mol. The normalized spacial score (nSPS) is 18.8. The van der Waals surface area contributed by atoms with Gasteiger partial charge in [0.05, 0.1) is 39.6 Å². The van der Waals surface area contributed by atoms with Crippen molar-refractivity contribution in [2.45, 2.75) is 38.1 Å². The number of likely N-dealkylation sites (tertiary alicyclic amines) is 1. The lowest BCUT2D eigenvalue weighted by atomic mass is 9.77. The highest BCUT2D eigenvalue weighted by Gasteiger charge is 2.47. The van der Waals surface area contributed by atoms with Gasteiger partial charge in [-0.1, -0.05) is 23.3 Å². The van der Waals surface area contributed by atoms with E-state index in [0.29, 0.717) is 46.9 Å². The summed E-state index contributed by atoms with van der Waals surface area (Å²) in [7, 11) is 1.87. The fourth-order valence-corrected chi connectivity index (χ4v) is 5.54. The number of imidazole rings is 1. The lowest BCUT2D eigenvalue weighted by Gasteiger charge is -2.39. The number of anilines is 4. The number of piperidine rings is 1. The zero-order valence-corrected chi connectivity index (χ0v) is 21.1. The van der Waals surface area contributed by atoms with Crippen molar-refractivity contribution in [2.24, 2.45) is 5.41 Å². The topological polar surface area (TPSA) is 119 Å². The zero-order chi connectivity index (χ0) is 25.7. The van der Waals surface area contributed by atoms with Gasteiger partial charge in [-0.3, -0.25) is 4.79 Å². The minimum atomic E-state index is -0.286. The number of carbonyl (C=O) groups excluding carboxylic acids is 1. The highest BCUT2D eigenvalue weighted by atomic mass is 35.5. The molecular weight excluding hydrogens is 492 g/mol. The number of hydrogen-bond acceptors (Lipinski definition) is 8. The van der Waals surface area contributed by atoms with Gasteiger partial charge in [0, 0.05) is 32.7 Å². The number of nitrogens with one attached hydrogen (secondary N) is 2. The van der Waals surface area contributed by atoms with E-state index < -0.39 is 0 Å². The first-order valence-electron chi connectivity index (χ1n) is 12.3. The van der Waals surface area contributed by atoms with Crippen molar-refractivity contribution in [3.63, 3.8) is 0 Å². The summed E-state index contributed by atoms with van der Waals surface area (Å²) in [5.41, 5.74) is 1.87. The van der Waals surface area contributed by atoms with Crippen molar-refractivity contribution in [2.75, 3.05) is 42.2 Å². The Labute approximate surface area is 218 Å². The highest BCUT2D eigenvalue weighted by molar-refractivity contribution is 6.36. The van der Waals surface area contributed by atoms with Gasteiger partial charge in [0.15, 0.2) is 5.82 Å². The lowest BCUT2D eigenvalue weighted by molar-refractivity contribution is -0.135. The molecule has 1 aromatic carbocycles. The number of carbonyl (C=O) groups is 1. The molecule has 188 valence electrons. The second kappa shape index (κ2) is 8.79. The van der Waals surface area contributed by atoms with Crippen LogP contribution in [-0.4, -0.2) is 63.1 Å². The Balaban J connectivity index is 1.32. The van der Waals surface area contributed by atoms with Gasteiger partial charge in [-0.15, -0.1) is 4.52 Å². The van der Waals surface area contributed by atoms with Crippen LogP contribution in [0.5, 0.6) is 0 Å². The van der Waals surface area contributed by atoms with Crippen molar-refractivity contribution >= 4 is 52.1 Å². The molecule has 3 fully saturated rings. The van der Waals surface area contributed by atoms with E-state index >= 15 is 0 Å². The number of aromatic nitrogens is 4. The van der Waals surface area contributed by atoms with E-state index in [-0.39, 0.29) is 23.1 Å². The fraction of sp³-hybridized carbons (Fsp3) is 0.440. The molecule has 3 aromatic rings. The Morgan fingerprint density at radius 2 is 2.00 bits per heavy atom. The average molecular weight is 517 g/mol. The molecule has 0 atom stereocenters. The van der Waals surface area contributed by atoms with Gasteiger partial charge in [-0.05, 0) is 44.2 Å². The molecule has 3 aliphatic rings. The van der Waals surface area contributed by atoms with Gasteiger partial charge in [0.1, 0.15) is 0 Å². The maximum Gasteiger partial charge on any atom is 0.275 e. The zero-order valence-electron chi connectivity index (χ0n) is 20.3. The maximum atomic E-state index is 12.8. The first kappa shape index (κ1) is 23.3. The standard InChI is InChI=1S/C25H25ClN10O/c1-28-19-14-29-22-21(30-16-3-4-16)32-24(33-36(19)22)31-17-11-15(13-27)12-18(20(17)26)35-9-6-25(7-10-35)5-8-34(2)23(25)37/h11-12,14,16H,3-10H2,2H3,(H2,30,31,32,33). The Hall–Kier alpha value is -4.09. The largest absolute Gasteiger partial charge is 0.370 e. The number of amides is 1. The van der Waals surface area contributed by atoms with E-state index in [2.05, 4.69) is 41.5 Å². The number of nitrogens with zero attached hydrogens (tertiary/aromatic N) is 8. The number of hydrogen-bond donors (Lipinski definition) is 2. The van der Waals surface area contributed by atoms with E-state index in [1.807, 2.05) is 11.9 Å². The van der Waals surface area contributed by atoms with Gasteiger partial charge in [-0.2, -0.15) is 10.2 Å². The number of halogens is 1. The molecule has 37 heavy (non-hydrogen) atoms. The average Bonchev–Trinajstić information content (AvgIpc) is 3.57. The molecule has 1 saturated carbocycles. The van der Waals surface area contributed by atoms with Crippen molar-refractivity contribution in [3.8, 4) is 6.07 Å². The van der Waals surface area contributed by atoms with Crippen LogP contribution in [0.4, 0.5) is 29.0 Å². The van der Waals surface area contributed by atoms with Crippen molar-refractivity contribution in [1.82, 2.24) is 24.5 Å². The summed E-state index contributed by atoms with van der Waals surface area (Å²) in [6.07, 6.45) is 5.95. The smallest absolute Gasteiger partial charge is 0.275 e. The maximum absolute atomic E-state index is 12.8. The van der Waals surface area contributed by atoms with Gasteiger partial charge in [0.25, 0.3) is 17.4 Å². The quantitative estimate of drug-likeness (QED) is 0.489. The van der Waals surface area contributed by atoms with E-state index in [1.165, 1.54) is 10.7 Å². The predicted molar refractivity (Wildman–Crippen MR) is 139 cm³/mol. The predicted octanol–water partition coefficient (Wildman–Crippen LogP) is 3.97. The molecule has 4 heterocycles. The Morgan fingerprint density at radius 3 is 2.65 bits per heavy atom. The molecule has 11 nitrogen and oxygen atoms in total. The minimum Gasteiger partial charge on any atom is -0.370 e. The van der Waals surface area contributed by atoms with Crippen LogP contribution in [0.3, 0.4) is 0 Å². The van der Waals surface area contributed by atoms with Gasteiger partial charge < -0.3 is 25.3 Å². The van der Waals surface area contributed by atoms with E-state index in [9.17, 15) is 10.1 Å². The molecule has 2 aromatic heterocycles. The van der Waals surface area contributed by atoms with Crippen LogP contribution < -0.4 is 15.5 Å². The Bertz CT molecular complexity index is 1490. The Kier molecular flexibility index (Phi) is 5.54. The third kappa shape index (κ3) is 4.05. The summed E-state index contributed by atoms with van der Waals surface area (Å²) in [6.45, 7) is 9.60. The van der Waals surface area contributed by atoms with Gasteiger partial charge >= 0.3 is 0 Å². The first-order chi connectivity index (χ1) is 17.9. The van der Waals surface area contributed by atoms with Crippen molar-refractivity contribution in [3.05, 3.63) is 40.3 Å². The summed E-state index contributed by atoms with van der Waals surface area (Å²) in [5.74, 6) is 1.27. The lowest BCUT2D eigenvalue weighted by Crippen LogP contribution is -2.44. The molecule has 2 N–H and O–H groups in total.